The van der Waals surface area contributed by atoms with Crippen LogP contribution in [0.15, 0.2) is 54.6 Å². The van der Waals surface area contributed by atoms with Crippen LogP contribution in [0.3, 0.4) is 0 Å². The Morgan fingerprint density at radius 2 is 1.67 bits per heavy atom. The standard InChI is InChI=1S/C20H23NO3/c1-3-16-9-12-18(13-10-16)21-20(23)15(2)24-19(22)14-11-17-7-5-4-6-8-17/h4-10,12-13,15H,3,11,14H2,1-2H3,(H,21,23). The third-order valence-corrected chi connectivity index (χ3v) is 3.77. The Morgan fingerprint density at radius 3 is 2.29 bits per heavy atom. The highest BCUT2D eigenvalue weighted by Gasteiger charge is 2.17. The summed E-state index contributed by atoms with van der Waals surface area (Å²) in [6, 6.07) is 17.3. The van der Waals surface area contributed by atoms with Crippen LogP contribution in [0.2, 0.25) is 0 Å². The molecule has 1 amide bonds. The number of benzene rings is 2. The molecule has 0 radical (unpaired) electrons. The molecule has 4 nitrogen and oxygen atoms in total. The van der Waals surface area contributed by atoms with E-state index in [9.17, 15) is 9.59 Å². The fraction of sp³-hybridized carbons (Fsp3) is 0.300. The Balaban J connectivity index is 1.78. The molecule has 0 heterocycles. The average Bonchev–Trinajstić information content (AvgIpc) is 2.61. The maximum Gasteiger partial charge on any atom is 0.306 e. The van der Waals surface area contributed by atoms with Gasteiger partial charge in [-0.05, 0) is 43.0 Å². The van der Waals surface area contributed by atoms with Crippen LogP contribution in [0.5, 0.6) is 0 Å². The van der Waals surface area contributed by atoms with Gasteiger partial charge in [0.2, 0.25) is 0 Å². The van der Waals surface area contributed by atoms with Crippen molar-refractivity contribution >= 4 is 17.6 Å². The van der Waals surface area contributed by atoms with Gasteiger partial charge in [-0.15, -0.1) is 0 Å². The number of hydrogen-bond donors (Lipinski definition) is 1. The summed E-state index contributed by atoms with van der Waals surface area (Å²) in [6.45, 7) is 3.65. The molecule has 1 unspecified atom stereocenters. The first kappa shape index (κ1) is 17.7. The van der Waals surface area contributed by atoms with Crippen molar-refractivity contribution in [3.05, 3.63) is 65.7 Å². The minimum atomic E-state index is -0.820. The molecule has 2 rings (SSSR count). The minimum Gasteiger partial charge on any atom is -0.453 e. The van der Waals surface area contributed by atoms with E-state index in [-0.39, 0.29) is 18.3 Å². The first-order valence-electron chi connectivity index (χ1n) is 8.21. The lowest BCUT2D eigenvalue weighted by molar-refractivity contribution is -0.153. The van der Waals surface area contributed by atoms with Gasteiger partial charge < -0.3 is 10.1 Å². The number of carbonyl (C=O) groups is 2. The molecule has 0 spiro atoms. The molecule has 0 aliphatic rings. The fourth-order valence-electron chi connectivity index (χ4n) is 2.27. The van der Waals surface area contributed by atoms with E-state index < -0.39 is 6.10 Å². The Labute approximate surface area is 142 Å². The number of aryl methyl sites for hydroxylation is 2. The molecule has 0 fully saturated rings. The SMILES string of the molecule is CCc1ccc(NC(=O)C(C)OC(=O)CCc2ccccc2)cc1. The van der Waals surface area contributed by atoms with E-state index >= 15 is 0 Å². The molecular formula is C20H23NO3. The van der Waals surface area contributed by atoms with Gasteiger partial charge in [-0.25, -0.2) is 0 Å². The van der Waals surface area contributed by atoms with E-state index in [1.165, 1.54) is 5.56 Å². The molecule has 1 atom stereocenters. The number of nitrogens with one attached hydrogen (secondary N) is 1. The lowest BCUT2D eigenvalue weighted by Gasteiger charge is -2.14. The number of rotatable bonds is 7. The van der Waals surface area contributed by atoms with Gasteiger partial charge in [0.05, 0.1) is 0 Å². The summed E-state index contributed by atoms with van der Waals surface area (Å²) < 4.78 is 5.20. The van der Waals surface area contributed by atoms with Gasteiger partial charge in [0.15, 0.2) is 6.10 Å². The largest absolute Gasteiger partial charge is 0.453 e. The van der Waals surface area contributed by atoms with E-state index in [1.807, 2.05) is 54.6 Å². The molecule has 0 bridgehead atoms. The third-order valence-electron chi connectivity index (χ3n) is 3.77. The first-order chi connectivity index (χ1) is 11.6. The van der Waals surface area contributed by atoms with Crippen LogP contribution in [0, 0.1) is 0 Å². The zero-order chi connectivity index (χ0) is 17.4. The Bertz CT molecular complexity index is 665. The molecule has 0 saturated heterocycles. The van der Waals surface area contributed by atoms with Gasteiger partial charge in [0.25, 0.3) is 5.91 Å². The van der Waals surface area contributed by atoms with Crippen molar-refractivity contribution in [2.24, 2.45) is 0 Å². The Kier molecular flexibility index (Phi) is 6.55. The van der Waals surface area contributed by atoms with Crippen molar-refractivity contribution in [3.8, 4) is 0 Å². The number of ether oxygens (including phenoxy) is 1. The molecule has 0 aliphatic heterocycles. The molecule has 2 aromatic carbocycles. The van der Waals surface area contributed by atoms with Crippen LogP contribution < -0.4 is 5.32 Å². The van der Waals surface area contributed by atoms with Gasteiger partial charge >= 0.3 is 5.97 Å². The predicted molar refractivity (Wildman–Crippen MR) is 94.8 cm³/mol. The minimum absolute atomic E-state index is 0.257. The molecule has 2 aromatic rings. The highest BCUT2D eigenvalue weighted by molar-refractivity contribution is 5.95. The summed E-state index contributed by atoms with van der Waals surface area (Å²) >= 11 is 0. The number of esters is 1. The number of hydrogen-bond acceptors (Lipinski definition) is 3. The Morgan fingerprint density at radius 1 is 1.00 bits per heavy atom. The highest BCUT2D eigenvalue weighted by atomic mass is 16.5. The monoisotopic (exact) mass is 325 g/mol. The van der Waals surface area contributed by atoms with Gasteiger partial charge in [0, 0.05) is 12.1 Å². The molecule has 24 heavy (non-hydrogen) atoms. The first-order valence-corrected chi connectivity index (χ1v) is 8.21. The third kappa shape index (κ3) is 5.54. The van der Waals surface area contributed by atoms with Gasteiger partial charge in [0.1, 0.15) is 0 Å². The van der Waals surface area contributed by atoms with Crippen molar-refractivity contribution in [1.82, 2.24) is 0 Å². The second-order valence-corrected chi connectivity index (χ2v) is 5.66. The zero-order valence-electron chi connectivity index (χ0n) is 14.1. The predicted octanol–water partition coefficient (Wildman–Crippen LogP) is 3.75. The Hall–Kier alpha value is -2.62. The highest BCUT2D eigenvalue weighted by Crippen LogP contribution is 2.11. The summed E-state index contributed by atoms with van der Waals surface area (Å²) in [5, 5.41) is 2.76. The van der Waals surface area contributed by atoms with E-state index in [0.717, 1.165) is 12.0 Å². The second-order valence-electron chi connectivity index (χ2n) is 5.66. The fourth-order valence-corrected chi connectivity index (χ4v) is 2.27. The average molecular weight is 325 g/mol. The van der Waals surface area contributed by atoms with Crippen LogP contribution in [0.25, 0.3) is 0 Å². The van der Waals surface area contributed by atoms with Crippen LogP contribution in [-0.2, 0) is 27.2 Å². The van der Waals surface area contributed by atoms with E-state index in [1.54, 1.807) is 6.92 Å². The van der Waals surface area contributed by atoms with E-state index in [4.69, 9.17) is 4.74 Å². The number of anilines is 1. The molecule has 0 aliphatic carbocycles. The summed E-state index contributed by atoms with van der Waals surface area (Å²) in [4.78, 5) is 24.0. The normalized spacial score (nSPS) is 11.6. The van der Waals surface area contributed by atoms with Crippen LogP contribution in [0.4, 0.5) is 5.69 Å². The summed E-state index contributed by atoms with van der Waals surface area (Å²) in [6.07, 6.45) is 0.988. The van der Waals surface area contributed by atoms with Crippen molar-refractivity contribution < 1.29 is 14.3 Å². The van der Waals surface area contributed by atoms with Crippen LogP contribution in [0.1, 0.15) is 31.4 Å². The molecule has 126 valence electrons. The van der Waals surface area contributed by atoms with Gasteiger partial charge in [-0.3, -0.25) is 9.59 Å². The van der Waals surface area contributed by atoms with Gasteiger partial charge in [-0.2, -0.15) is 0 Å². The summed E-state index contributed by atoms with van der Waals surface area (Å²) in [5.74, 6) is -0.699. The molecule has 0 aromatic heterocycles. The van der Waals surface area contributed by atoms with Crippen LogP contribution in [-0.4, -0.2) is 18.0 Å². The maximum atomic E-state index is 12.1. The van der Waals surface area contributed by atoms with E-state index in [2.05, 4.69) is 12.2 Å². The van der Waals surface area contributed by atoms with Crippen molar-refractivity contribution in [2.45, 2.75) is 39.2 Å². The van der Waals surface area contributed by atoms with Crippen molar-refractivity contribution in [2.75, 3.05) is 5.32 Å². The topological polar surface area (TPSA) is 55.4 Å². The summed E-state index contributed by atoms with van der Waals surface area (Å²) in [7, 11) is 0. The maximum absolute atomic E-state index is 12.1. The smallest absolute Gasteiger partial charge is 0.306 e. The number of amides is 1. The molecule has 0 saturated carbocycles. The quantitative estimate of drug-likeness (QED) is 0.789. The van der Waals surface area contributed by atoms with E-state index in [0.29, 0.717) is 12.1 Å². The van der Waals surface area contributed by atoms with Crippen molar-refractivity contribution in [1.29, 1.82) is 0 Å². The zero-order valence-corrected chi connectivity index (χ0v) is 14.1. The number of carbonyl (C=O) groups excluding carboxylic acids is 2. The second kappa shape index (κ2) is 8.87. The lowest BCUT2D eigenvalue weighted by atomic mass is 10.1. The molecule has 1 N–H and O–H groups in total. The summed E-state index contributed by atoms with van der Waals surface area (Å²) in [5.41, 5.74) is 2.97. The lowest BCUT2D eigenvalue weighted by Crippen LogP contribution is -2.30. The van der Waals surface area contributed by atoms with Crippen LogP contribution >= 0.6 is 0 Å². The molecular weight excluding hydrogens is 302 g/mol. The van der Waals surface area contributed by atoms with Crippen molar-refractivity contribution in [3.63, 3.8) is 0 Å². The van der Waals surface area contributed by atoms with Gasteiger partial charge in [-0.1, -0.05) is 49.4 Å². The molecule has 4 heteroatoms.